The molecule has 0 spiro atoms. The summed E-state index contributed by atoms with van der Waals surface area (Å²) in [5.41, 5.74) is 0. The Kier molecular flexibility index (Phi) is 3.62. The van der Waals surface area contributed by atoms with Crippen LogP contribution in [0.15, 0.2) is 0 Å². The molecule has 0 aliphatic heterocycles. The first-order chi connectivity index (χ1) is 5.20. The summed E-state index contributed by atoms with van der Waals surface area (Å²) in [5, 5.41) is 0. The molecule has 1 aliphatic rings. The topological polar surface area (TPSA) is 26.3 Å². The third-order valence-electron chi connectivity index (χ3n) is 1.94. The summed E-state index contributed by atoms with van der Waals surface area (Å²) < 4.78 is 5.69. The molecular weight excluding hydrogens is 255 g/mol. The van der Waals surface area contributed by atoms with Gasteiger partial charge in [0.15, 0.2) is 0 Å². The van der Waals surface area contributed by atoms with Gasteiger partial charge in [0.1, 0.15) is 6.10 Å². The van der Waals surface area contributed by atoms with Crippen LogP contribution in [0.3, 0.4) is 0 Å². The molecule has 0 radical (unpaired) electrons. The zero-order chi connectivity index (χ0) is 8.27. The normalized spacial score (nSPS) is 31.5. The van der Waals surface area contributed by atoms with Crippen LogP contribution >= 0.6 is 22.6 Å². The molecule has 0 aromatic carbocycles. The molecule has 2 nitrogen and oxygen atoms in total. The minimum atomic E-state index is -0.140. The standard InChI is InChI=1S/C8H13IO2/c1-6(10)11-8-5-3-2-4-7(8)9/h7-8H,2-5H2,1H3/t7-,8?/m0/s1. The van der Waals surface area contributed by atoms with E-state index in [4.69, 9.17) is 4.74 Å². The Morgan fingerprint density at radius 2 is 2.09 bits per heavy atom. The highest BCUT2D eigenvalue weighted by Gasteiger charge is 2.24. The second-order valence-corrected chi connectivity index (χ2v) is 4.55. The monoisotopic (exact) mass is 268 g/mol. The second-order valence-electron chi connectivity index (χ2n) is 2.95. The predicted octanol–water partition coefficient (Wildman–Crippen LogP) is 2.30. The van der Waals surface area contributed by atoms with Gasteiger partial charge in [0.25, 0.3) is 0 Å². The number of esters is 1. The first-order valence-corrected chi connectivity index (χ1v) is 5.26. The van der Waals surface area contributed by atoms with E-state index in [1.807, 2.05) is 0 Å². The summed E-state index contributed by atoms with van der Waals surface area (Å²) in [5.74, 6) is -0.140. The first kappa shape index (κ1) is 9.29. The molecule has 2 atom stereocenters. The molecule has 0 aromatic rings. The van der Waals surface area contributed by atoms with Gasteiger partial charge in [-0.3, -0.25) is 4.79 Å². The molecule has 0 amide bonds. The zero-order valence-electron chi connectivity index (χ0n) is 6.68. The molecule has 1 aliphatic carbocycles. The lowest BCUT2D eigenvalue weighted by Crippen LogP contribution is -2.29. The minimum absolute atomic E-state index is 0.140. The summed E-state index contributed by atoms with van der Waals surface area (Å²) in [6.45, 7) is 1.48. The van der Waals surface area contributed by atoms with E-state index >= 15 is 0 Å². The number of carbonyl (C=O) groups excluding carboxylic acids is 1. The van der Waals surface area contributed by atoms with E-state index in [2.05, 4.69) is 22.6 Å². The minimum Gasteiger partial charge on any atom is -0.461 e. The lowest BCUT2D eigenvalue weighted by molar-refractivity contribution is -0.147. The van der Waals surface area contributed by atoms with E-state index in [1.54, 1.807) is 0 Å². The van der Waals surface area contributed by atoms with Crippen LogP contribution in [-0.2, 0) is 9.53 Å². The van der Waals surface area contributed by atoms with Crippen molar-refractivity contribution in [3.63, 3.8) is 0 Å². The van der Waals surface area contributed by atoms with Gasteiger partial charge in [0, 0.05) is 10.8 Å². The van der Waals surface area contributed by atoms with Crippen LogP contribution in [0.4, 0.5) is 0 Å². The van der Waals surface area contributed by atoms with Gasteiger partial charge in [-0.25, -0.2) is 0 Å². The summed E-state index contributed by atoms with van der Waals surface area (Å²) in [4.78, 5) is 10.6. The van der Waals surface area contributed by atoms with Crippen molar-refractivity contribution in [2.45, 2.75) is 42.6 Å². The Bertz CT molecular complexity index is 147. The average Bonchev–Trinajstić information content (AvgIpc) is 1.93. The van der Waals surface area contributed by atoms with E-state index < -0.39 is 0 Å². The fourth-order valence-electron chi connectivity index (χ4n) is 1.40. The van der Waals surface area contributed by atoms with Crippen LogP contribution in [0.1, 0.15) is 32.6 Å². The molecule has 64 valence electrons. The Labute approximate surface area is 80.8 Å². The Balaban J connectivity index is 2.35. The Morgan fingerprint density at radius 3 is 2.64 bits per heavy atom. The van der Waals surface area contributed by atoms with E-state index in [-0.39, 0.29) is 12.1 Å². The van der Waals surface area contributed by atoms with Crippen LogP contribution < -0.4 is 0 Å². The van der Waals surface area contributed by atoms with Crippen molar-refractivity contribution in [1.29, 1.82) is 0 Å². The molecule has 0 saturated heterocycles. The largest absolute Gasteiger partial charge is 0.461 e. The molecule has 11 heavy (non-hydrogen) atoms. The lowest BCUT2D eigenvalue weighted by atomic mass is 9.98. The Hall–Kier alpha value is 0.200. The third kappa shape index (κ3) is 2.97. The number of alkyl halides is 1. The van der Waals surface area contributed by atoms with Crippen molar-refractivity contribution in [2.24, 2.45) is 0 Å². The maximum Gasteiger partial charge on any atom is 0.302 e. The van der Waals surface area contributed by atoms with Crippen LogP contribution in [0, 0.1) is 0 Å². The molecular formula is C8H13IO2. The van der Waals surface area contributed by atoms with Gasteiger partial charge in [-0.2, -0.15) is 0 Å². The summed E-state index contributed by atoms with van der Waals surface area (Å²) in [6.07, 6.45) is 4.91. The molecule has 0 bridgehead atoms. The average molecular weight is 268 g/mol. The highest BCUT2D eigenvalue weighted by atomic mass is 127. The van der Waals surface area contributed by atoms with E-state index in [1.165, 1.54) is 26.2 Å². The van der Waals surface area contributed by atoms with Gasteiger partial charge in [0.05, 0.1) is 0 Å². The summed E-state index contributed by atoms with van der Waals surface area (Å²) in [6, 6.07) is 0. The highest BCUT2D eigenvalue weighted by molar-refractivity contribution is 14.1. The maximum atomic E-state index is 10.6. The van der Waals surface area contributed by atoms with Gasteiger partial charge < -0.3 is 4.74 Å². The van der Waals surface area contributed by atoms with Gasteiger partial charge in [-0.05, 0) is 19.3 Å². The summed E-state index contributed by atoms with van der Waals surface area (Å²) in [7, 11) is 0. The van der Waals surface area contributed by atoms with Crippen LogP contribution in [0.5, 0.6) is 0 Å². The number of halogens is 1. The second kappa shape index (κ2) is 4.28. The smallest absolute Gasteiger partial charge is 0.302 e. The van der Waals surface area contributed by atoms with E-state index in [0.717, 1.165) is 6.42 Å². The fourth-order valence-corrected chi connectivity index (χ4v) is 2.34. The quantitative estimate of drug-likeness (QED) is 0.414. The number of hydrogen-bond acceptors (Lipinski definition) is 2. The fraction of sp³-hybridized carbons (Fsp3) is 0.875. The molecule has 0 N–H and O–H groups in total. The summed E-state index contributed by atoms with van der Waals surface area (Å²) >= 11 is 2.37. The van der Waals surface area contributed by atoms with Crippen LogP contribution in [0.2, 0.25) is 0 Å². The SMILES string of the molecule is CC(=O)OC1CCCC[C@@H]1I. The molecule has 1 unspecified atom stereocenters. The zero-order valence-corrected chi connectivity index (χ0v) is 8.84. The van der Waals surface area contributed by atoms with Crippen LogP contribution in [-0.4, -0.2) is 16.0 Å². The Morgan fingerprint density at radius 1 is 1.45 bits per heavy atom. The number of hydrogen-bond donors (Lipinski definition) is 0. The van der Waals surface area contributed by atoms with E-state index in [0.29, 0.717) is 3.92 Å². The van der Waals surface area contributed by atoms with Gasteiger partial charge in [-0.1, -0.05) is 29.0 Å². The van der Waals surface area contributed by atoms with Crippen LogP contribution in [0.25, 0.3) is 0 Å². The van der Waals surface area contributed by atoms with Gasteiger partial charge >= 0.3 is 5.97 Å². The van der Waals surface area contributed by atoms with Crippen molar-refractivity contribution < 1.29 is 9.53 Å². The third-order valence-corrected chi connectivity index (χ3v) is 3.36. The van der Waals surface area contributed by atoms with Gasteiger partial charge in [-0.15, -0.1) is 0 Å². The molecule has 3 heteroatoms. The molecule has 1 rings (SSSR count). The van der Waals surface area contributed by atoms with Crippen molar-refractivity contribution in [3.05, 3.63) is 0 Å². The van der Waals surface area contributed by atoms with Crippen molar-refractivity contribution in [3.8, 4) is 0 Å². The predicted molar refractivity (Wildman–Crippen MR) is 51.8 cm³/mol. The first-order valence-electron chi connectivity index (χ1n) is 4.01. The van der Waals surface area contributed by atoms with Crippen molar-refractivity contribution in [2.75, 3.05) is 0 Å². The molecule has 1 saturated carbocycles. The lowest BCUT2D eigenvalue weighted by Gasteiger charge is -2.26. The van der Waals surface area contributed by atoms with Gasteiger partial charge in [0.2, 0.25) is 0 Å². The highest BCUT2D eigenvalue weighted by Crippen LogP contribution is 2.27. The van der Waals surface area contributed by atoms with Crippen molar-refractivity contribution >= 4 is 28.6 Å². The number of ether oxygens (including phenoxy) is 1. The van der Waals surface area contributed by atoms with E-state index in [9.17, 15) is 4.79 Å². The molecule has 0 heterocycles. The number of carbonyl (C=O) groups is 1. The molecule has 0 aromatic heterocycles. The van der Waals surface area contributed by atoms with Crippen molar-refractivity contribution in [1.82, 2.24) is 0 Å². The maximum absolute atomic E-state index is 10.6. The number of rotatable bonds is 1. The molecule has 1 fully saturated rings.